The van der Waals surface area contributed by atoms with E-state index in [9.17, 15) is 14.4 Å². The Morgan fingerprint density at radius 3 is 2.58 bits per heavy atom. The van der Waals surface area contributed by atoms with Crippen LogP contribution in [0, 0.1) is 0 Å². The highest BCUT2D eigenvalue weighted by Gasteiger charge is 2.40. The van der Waals surface area contributed by atoms with Gasteiger partial charge in [-0.05, 0) is 73.9 Å². The molecule has 0 radical (unpaired) electrons. The number of carbonyl (C=O) groups excluding carboxylic acids is 3. The molecule has 3 aliphatic heterocycles. The highest BCUT2D eigenvalue weighted by atomic mass is 16.5. The van der Waals surface area contributed by atoms with Gasteiger partial charge in [-0.2, -0.15) is 0 Å². The number of ether oxygens (including phenoxy) is 1. The van der Waals surface area contributed by atoms with Gasteiger partial charge in [0.1, 0.15) is 17.9 Å². The minimum atomic E-state index is -0.595. The van der Waals surface area contributed by atoms with Gasteiger partial charge in [0.2, 0.25) is 11.8 Å². The van der Waals surface area contributed by atoms with E-state index in [1.807, 2.05) is 18.2 Å². The molecule has 2 saturated heterocycles. The maximum atomic E-state index is 13.0. The van der Waals surface area contributed by atoms with Crippen LogP contribution in [0.2, 0.25) is 0 Å². The first-order valence-electron chi connectivity index (χ1n) is 13.3. The van der Waals surface area contributed by atoms with E-state index in [1.54, 1.807) is 4.90 Å². The Morgan fingerprint density at radius 1 is 0.917 bits per heavy atom. The molecule has 2 aromatic carbocycles. The lowest BCUT2D eigenvalue weighted by Crippen LogP contribution is -2.52. The molecule has 3 heterocycles. The first-order valence-corrected chi connectivity index (χ1v) is 13.3. The molecule has 2 aromatic rings. The summed E-state index contributed by atoms with van der Waals surface area (Å²) in [6.45, 7) is 2.55. The van der Waals surface area contributed by atoms with Crippen LogP contribution in [0.5, 0.6) is 5.75 Å². The van der Waals surface area contributed by atoms with Crippen molar-refractivity contribution in [2.45, 2.75) is 75.6 Å². The van der Waals surface area contributed by atoms with Crippen molar-refractivity contribution < 1.29 is 19.1 Å². The summed E-state index contributed by atoms with van der Waals surface area (Å²) >= 11 is 0. The number of fused-ring (bicyclic) bond motifs is 1. The number of rotatable bonds is 5. The Labute approximate surface area is 211 Å². The molecule has 188 valence electrons. The van der Waals surface area contributed by atoms with Gasteiger partial charge in [-0.3, -0.25) is 24.6 Å². The highest BCUT2D eigenvalue weighted by Crippen LogP contribution is 2.36. The average molecular weight is 488 g/mol. The molecule has 36 heavy (non-hydrogen) atoms. The second kappa shape index (κ2) is 9.69. The Bertz CT molecular complexity index is 1170. The summed E-state index contributed by atoms with van der Waals surface area (Å²) in [5, 5.41) is 2.36. The van der Waals surface area contributed by atoms with Gasteiger partial charge < -0.3 is 9.64 Å². The first kappa shape index (κ1) is 23.2. The SMILES string of the molecule is O=C1CCC(N2Cc3cc(O[C@H]4CCCC[C@@H]4N4CC[C@@H](c5ccccc5)C4)ccc3C2=O)C(=O)N1. The molecule has 1 N–H and O–H groups in total. The van der Waals surface area contributed by atoms with Crippen molar-refractivity contribution in [3.63, 3.8) is 0 Å². The van der Waals surface area contributed by atoms with Crippen molar-refractivity contribution in [3.05, 3.63) is 65.2 Å². The van der Waals surface area contributed by atoms with E-state index in [2.05, 4.69) is 40.5 Å². The quantitative estimate of drug-likeness (QED) is 0.652. The third-order valence-corrected chi connectivity index (χ3v) is 8.41. The minimum Gasteiger partial charge on any atom is -0.489 e. The van der Waals surface area contributed by atoms with Crippen molar-refractivity contribution in [2.24, 2.45) is 0 Å². The fourth-order valence-corrected chi connectivity index (χ4v) is 6.52. The van der Waals surface area contributed by atoms with Gasteiger partial charge in [0.15, 0.2) is 0 Å². The maximum absolute atomic E-state index is 13.0. The van der Waals surface area contributed by atoms with Gasteiger partial charge in [-0.25, -0.2) is 0 Å². The van der Waals surface area contributed by atoms with Crippen molar-refractivity contribution in [2.75, 3.05) is 13.1 Å². The topological polar surface area (TPSA) is 79.0 Å². The van der Waals surface area contributed by atoms with E-state index in [0.717, 1.165) is 37.2 Å². The van der Waals surface area contributed by atoms with Gasteiger partial charge >= 0.3 is 0 Å². The molecule has 1 unspecified atom stereocenters. The molecule has 0 aromatic heterocycles. The lowest BCUT2D eigenvalue weighted by atomic mass is 9.91. The standard InChI is InChI=1S/C29H33N3O4/c33-27-13-12-25(28(34)30-27)32-18-21-16-22(10-11-23(21)29(32)35)36-26-9-5-4-8-24(26)31-15-14-20(17-31)19-6-2-1-3-7-19/h1-3,6-7,10-11,16,20,24-26H,4-5,8-9,12-15,17-18H2,(H,30,33,34)/t20-,24+,25?,26+/m1/s1. The molecule has 0 bridgehead atoms. The first-order chi connectivity index (χ1) is 17.6. The summed E-state index contributed by atoms with van der Waals surface area (Å²) in [7, 11) is 0. The second-order valence-electron chi connectivity index (χ2n) is 10.6. The van der Waals surface area contributed by atoms with Gasteiger partial charge in [-0.15, -0.1) is 0 Å². The fourth-order valence-electron chi connectivity index (χ4n) is 6.52. The summed E-state index contributed by atoms with van der Waals surface area (Å²) in [6.07, 6.45) is 6.54. The van der Waals surface area contributed by atoms with Crippen molar-refractivity contribution >= 4 is 17.7 Å². The van der Waals surface area contributed by atoms with E-state index in [1.165, 1.54) is 24.8 Å². The number of likely N-dealkylation sites (tertiary alicyclic amines) is 1. The Hall–Kier alpha value is -3.19. The molecule has 7 heteroatoms. The molecule has 4 aliphatic rings. The molecule has 4 atom stereocenters. The van der Waals surface area contributed by atoms with Gasteiger partial charge in [0.25, 0.3) is 5.91 Å². The van der Waals surface area contributed by atoms with Crippen LogP contribution in [0.15, 0.2) is 48.5 Å². The maximum Gasteiger partial charge on any atom is 0.255 e. The average Bonchev–Trinajstić information content (AvgIpc) is 3.50. The minimum absolute atomic E-state index is 0.134. The summed E-state index contributed by atoms with van der Waals surface area (Å²) < 4.78 is 6.60. The number of nitrogens with zero attached hydrogens (tertiary/aromatic N) is 2. The molecule has 7 nitrogen and oxygen atoms in total. The Morgan fingerprint density at radius 2 is 1.75 bits per heavy atom. The van der Waals surface area contributed by atoms with E-state index in [-0.39, 0.29) is 30.2 Å². The van der Waals surface area contributed by atoms with E-state index in [4.69, 9.17) is 4.74 Å². The molecule has 1 aliphatic carbocycles. The number of carbonyl (C=O) groups is 3. The summed E-state index contributed by atoms with van der Waals surface area (Å²) in [4.78, 5) is 41.1. The molecule has 1 saturated carbocycles. The number of hydrogen-bond donors (Lipinski definition) is 1. The third-order valence-electron chi connectivity index (χ3n) is 8.41. The molecular weight excluding hydrogens is 454 g/mol. The number of piperidine rings is 1. The second-order valence-corrected chi connectivity index (χ2v) is 10.6. The zero-order valence-electron chi connectivity index (χ0n) is 20.5. The largest absolute Gasteiger partial charge is 0.489 e. The fraction of sp³-hybridized carbons (Fsp3) is 0.483. The monoisotopic (exact) mass is 487 g/mol. The Kier molecular flexibility index (Phi) is 6.25. The summed E-state index contributed by atoms with van der Waals surface area (Å²) in [6, 6.07) is 16.3. The highest BCUT2D eigenvalue weighted by molar-refractivity contribution is 6.05. The normalized spacial score (nSPS) is 28.8. The van der Waals surface area contributed by atoms with Crippen LogP contribution in [0.3, 0.4) is 0 Å². The number of hydrogen-bond acceptors (Lipinski definition) is 5. The van der Waals surface area contributed by atoms with Crippen molar-refractivity contribution in [3.8, 4) is 5.75 Å². The van der Waals surface area contributed by atoms with Gasteiger partial charge in [0, 0.05) is 31.1 Å². The van der Waals surface area contributed by atoms with Crippen LogP contribution in [0.25, 0.3) is 0 Å². The lowest BCUT2D eigenvalue weighted by molar-refractivity contribution is -0.136. The summed E-state index contributed by atoms with van der Waals surface area (Å²) in [5.74, 6) is 0.575. The predicted molar refractivity (Wildman–Crippen MR) is 135 cm³/mol. The molecular formula is C29H33N3O4. The number of imide groups is 1. The predicted octanol–water partition coefficient (Wildman–Crippen LogP) is 3.63. The molecule has 6 rings (SSSR count). The Balaban J connectivity index is 1.14. The van der Waals surface area contributed by atoms with Gasteiger partial charge in [-0.1, -0.05) is 36.8 Å². The van der Waals surface area contributed by atoms with Crippen LogP contribution in [-0.2, 0) is 16.1 Å². The van der Waals surface area contributed by atoms with Crippen LogP contribution < -0.4 is 10.1 Å². The summed E-state index contributed by atoms with van der Waals surface area (Å²) in [5.41, 5.74) is 2.94. The molecule has 3 fully saturated rings. The number of benzene rings is 2. The molecule has 3 amide bonds. The van der Waals surface area contributed by atoms with Crippen molar-refractivity contribution in [1.82, 2.24) is 15.1 Å². The van der Waals surface area contributed by atoms with E-state index >= 15 is 0 Å². The van der Waals surface area contributed by atoms with Crippen LogP contribution >= 0.6 is 0 Å². The number of nitrogens with one attached hydrogen (secondary N) is 1. The third kappa shape index (κ3) is 4.41. The zero-order valence-corrected chi connectivity index (χ0v) is 20.5. The zero-order chi connectivity index (χ0) is 24.6. The van der Waals surface area contributed by atoms with Crippen molar-refractivity contribution in [1.29, 1.82) is 0 Å². The van der Waals surface area contributed by atoms with Crippen LogP contribution in [0.1, 0.15) is 72.3 Å². The van der Waals surface area contributed by atoms with E-state index in [0.29, 0.717) is 30.5 Å². The van der Waals surface area contributed by atoms with Gasteiger partial charge in [0.05, 0.1) is 0 Å². The molecule has 0 spiro atoms. The smallest absolute Gasteiger partial charge is 0.255 e. The van der Waals surface area contributed by atoms with Crippen LogP contribution in [0.4, 0.5) is 0 Å². The number of amides is 3. The van der Waals surface area contributed by atoms with E-state index < -0.39 is 6.04 Å². The van der Waals surface area contributed by atoms with Crippen LogP contribution in [-0.4, -0.2) is 58.8 Å². The lowest BCUT2D eigenvalue weighted by Gasteiger charge is -2.38.